The smallest absolute Gasteiger partial charge is 0.0975 e. The molecule has 1 heteroatoms. The number of benzene rings is 3. The fourth-order valence-electron chi connectivity index (χ4n) is 2.59. The SMILES string of the molecule is C=CC(O)c1ccccc1-c1cccc2ccccc12. The summed E-state index contributed by atoms with van der Waals surface area (Å²) in [6.07, 6.45) is 0.911. The summed E-state index contributed by atoms with van der Waals surface area (Å²) < 4.78 is 0. The predicted molar refractivity (Wildman–Crippen MR) is 84.5 cm³/mol. The van der Waals surface area contributed by atoms with Gasteiger partial charge in [-0.2, -0.15) is 0 Å². The Morgan fingerprint density at radius 1 is 0.800 bits per heavy atom. The van der Waals surface area contributed by atoms with E-state index in [-0.39, 0.29) is 0 Å². The van der Waals surface area contributed by atoms with Gasteiger partial charge in [0.25, 0.3) is 0 Å². The lowest BCUT2D eigenvalue weighted by Crippen LogP contribution is -1.96. The molecule has 0 spiro atoms. The van der Waals surface area contributed by atoms with E-state index in [1.54, 1.807) is 6.08 Å². The second-order valence-corrected chi connectivity index (χ2v) is 4.79. The van der Waals surface area contributed by atoms with Crippen LogP contribution in [0.4, 0.5) is 0 Å². The Morgan fingerprint density at radius 3 is 2.30 bits per heavy atom. The molecule has 1 N–H and O–H groups in total. The minimum absolute atomic E-state index is 0.648. The molecule has 0 radical (unpaired) electrons. The minimum Gasteiger partial charge on any atom is -0.384 e. The highest BCUT2D eigenvalue weighted by molar-refractivity contribution is 5.97. The molecule has 0 aliphatic rings. The van der Waals surface area contributed by atoms with Crippen LogP contribution >= 0.6 is 0 Å². The molecule has 98 valence electrons. The number of hydrogen-bond donors (Lipinski definition) is 1. The Hall–Kier alpha value is -2.38. The van der Waals surface area contributed by atoms with E-state index >= 15 is 0 Å². The third-order valence-electron chi connectivity index (χ3n) is 3.58. The first-order valence-corrected chi connectivity index (χ1v) is 6.69. The van der Waals surface area contributed by atoms with E-state index in [4.69, 9.17) is 0 Å². The van der Waals surface area contributed by atoms with E-state index in [0.717, 1.165) is 16.7 Å². The van der Waals surface area contributed by atoms with E-state index in [2.05, 4.69) is 36.9 Å². The third-order valence-corrected chi connectivity index (χ3v) is 3.58. The average molecular weight is 260 g/mol. The van der Waals surface area contributed by atoms with Crippen LogP contribution in [0.3, 0.4) is 0 Å². The fraction of sp³-hybridized carbons (Fsp3) is 0.0526. The van der Waals surface area contributed by atoms with Crippen molar-refractivity contribution in [1.29, 1.82) is 0 Å². The zero-order chi connectivity index (χ0) is 13.9. The minimum atomic E-state index is -0.648. The lowest BCUT2D eigenvalue weighted by atomic mass is 9.92. The van der Waals surface area contributed by atoms with Crippen molar-refractivity contribution in [1.82, 2.24) is 0 Å². The van der Waals surface area contributed by atoms with Gasteiger partial charge in [-0.3, -0.25) is 0 Å². The summed E-state index contributed by atoms with van der Waals surface area (Å²) >= 11 is 0. The Labute approximate surface area is 118 Å². The number of aliphatic hydroxyl groups excluding tert-OH is 1. The van der Waals surface area contributed by atoms with Gasteiger partial charge in [0.2, 0.25) is 0 Å². The quantitative estimate of drug-likeness (QED) is 0.675. The predicted octanol–water partition coefficient (Wildman–Crippen LogP) is 4.73. The molecule has 3 rings (SSSR count). The van der Waals surface area contributed by atoms with Crippen molar-refractivity contribution in [2.75, 3.05) is 0 Å². The molecule has 20 heavy (non-hydrogen) atoms. The third kappa shape index (κ3) is 2.13. The van der Waals surface area contributed by atoms with E-state index in [1.165, 1.54) is 10.8 Å². The molecule has 0 bridgehead atoms. The first-order chi connectivity index (χ1) is 9.81. The van der Waals surface area contributed by atoms with E-state index in [1.807, 2.05) is 36.4 Å². The molecule has 0 aliphatic heterocycles. The molecule has 0 aliphatic carbocycles. The van der Waals surface area contributed by atoms with Gasteiger partial charge in [-0.15, -0.1) is 6.58 Å². The summed E-state index contributed by atoms with van der Waals surface area (Å²) in [4.78, 5) is 0. The van der Waals surface area contributed by atoms with Gasteiger partial charge in [0.15, 0.2) is 0 Å². The molecule has 1 atom stereocenters. The maximum absolute atomic E-state index is 10.1. The first-order valence-electron chi connectivity index (χ1n) is 6.69. The van der Waals surface area contributed by atoms with Crippen LogP contribution in [0.2, 0.25) is 0 Å². The zero-order valence-electron chi connectivity index (χ0n) is 11.2. The van der Waals surface area contributed by atoms with Crippen molar-refractivity contribution < 1.29 is 5.11 Å². The molecule has 1 unspecified atom stereocenters. The van der Waals surface area contributed by atoms with Gasteiger partial charge in [0.1, 0.15) is 0 Å². The summed E-state index contributed by atoms with van der Waals surface area (Å²) in [5.41, 5.74) is 3.08. The summed E-state index contributed by atoms with van der Waals surface area (Å²) in [6.45, 7) is 3.68. The summed E-state index contributed by atoms with van der Waals surface area (Å²) in [5.74, 6) is 0. The van der Waals surface area contributed by atoms with Crippen LogP contribution in [-0.4, -0.2) is 5.11 Å². The molecular formula is C19H16O. The van der Waals surface area contributed by atoms with Gasteiger partial charge in [-0.25, -0.2) is 0 Å². The Morgan fingerprint density at radius 2 is 1.45 bits per heavy atom. The summed E-state index contributed by atoms with van der Waals surface area (Å²) in [6, 6.07) is 22.5. The largest absolute Gasteiger partial charge is 0.384 e. The second-order valence-electron chi connectivity index (χ2n) is 4.79. The Balaban J connectivity index is 2.29. The van der Waals surface area contributed by atoms with Gasteiger partial charge in [-0.1, -0.05) is 72.8 Å². The Bertz CT molecular complexity index is 753. The molecular weight excluding hydrogens is 244 g/mol. The second kappa shape index (κ2) is 5.32. The zero-order valence-corrected chi connectivity index (χ0v) is 11.2. The molecule has 1 nitrogen and oxygen atoms in total. The topological polar surface area (TPSA) is 20.2 Å². The van der Waals surface area contributed by atoms with Crippen molar-refractivity contribution in [3.05, 3.63) is 84.9 Å². The van der Waals surface area contributed by atoms with E-state index in [0.29, 0.717) is 0 Å². The molecule has 0 heterocycles. The van der Waals surface area contributed by atoms with Crippen molar-refractivity contribution in [2.45, 2.75) is 6.10 Å². The maximum Gasteiger partial charge on any atom is 0.0975 e. The van der Waals surface area contributed by atoms with Crippen LogP contribution in [0.25, 0.3) is 21.9 Å². The standard InChI is InChI=1S/C19H16O/c1-2-19(20)18-12-6-5-11-17(18)16-13-7-9-14-8-3-4-10-15(14)16/h2-13,19-20H,1H2. The molecule has 0 fully saturated rings. The monoisotopic (exact) mass is 260 g/mol. The lowest BCUT2D eigenvalue weighted by Gasteiger charge is -2.14. The van der Waals surface area contributed by atoms with Gasteiger partial charge in [0, 0.05) is 0 Å². The van der Waals surface area contributed by atoms with Gasteiger partial charge in [-0.05, 0) is 27.5 Å². The highest BCUT2D eigenvalue weighted by Gasteiger charge is 2.12. The van der Waals surface area contributed by atoms with Crippen molar-refractivity contribution in [3.8, 4) is 11.1 Å². The lowest BCUT2D eigenvalue weighted by molar-refractivity contribution is 0.229. The van der Waals surface area contributed by atoms with Crippen LogP contribution in [0, 0.1) is 0 Å². The van der Waals surface area contributed by atoms with Crippen LogP contribution < -0.4 is 0 Å². The summed E-state index contributed by atoms with van der Waals surface area (Å²) in [7, 11) is 0. The molecule has 3 aromatic rings. The van der Waals surface area contributed by atoms with Crippen LogP contribution in [0.15, 0.2) is 79.4 Å². The van der Waals surface area contributed by atoms with Crippen LogP contribution in [0.5, 0.6) is 0 Å². The maximum atomic E-state index is 10.1. The molecule has 0 amide bonds. The van der Waals surface area contributed by atoms with E-state index in [9.17, 15) is 5.11 Å². The summed E-state index contributed by atoms with van der Waals surface area (Å²) in [5, 5.41) is 12.5. The normalized spacial score (nSPS) is 12.2. The van der Waals surface area contributed by atoms with Gasteiger partial charge in [0.05, 0.1) is 6.10 Å². The molecule has 3 aromatic carbocycles. The van der Waals surface area contributed by atoms with Crippen LogP contribution in [0.1, 0.15) is 11.7 Å². The van der Waals surface area contributed by atoms with Crippen molar-refractivity contribution >= 4 is 10.8 Å². The fourth-order valence-corrected chi connectivity index (χ4v) is 2.59. The number of hydrogen-bond acceptors (Lipinski definition) is 1. The number of aliphatic hydroxyl groups is 1. The first kappa shape index (κ1) is 12.6. The Kier molecular flexibility index (Phi) is 3.36. The van der Waals surface area contributed by atoms with Gasteiger partial charge >= 0.3 is 0 Å². The molecule has 0 saturated heterocycles. The number of fused-ring (bicyclic) bond motifs is 1. The highest BCUT2D eigenvalue weighted by atomic mass is 16.3. The van der Waals surface area contributed by atoms with Crippen molar-refractivity contribution in [2.24, 2.45) is 0 Å². The van der Waals surface area contributed by atoms with E-state index < -0.39 is 6.10 Å². The number of rotatable bonds is 3. The molecule has 0 saturated carbocycles. The van der Waals surface area contributed by atoms with Crippen LogP contribution in [-0.2, 0) is 0 Å². The highest BCUT2D eigenvalue weighted by Crippen LogP contribution is 2.33. The van der Waals surface area contributed by atoms with Gasteiger partial charge < -0.3 is 5.11 Å². The molecule has 0 aromatic heterocycles. The van der Waals surface area contributed by atoms with Crippen molar-refractivity contribution in [3.63, 3.8) is 0 Å². The average Bonchev–Trinajstić information content (AvgIpc) is 2.53.